The zero-order chi connectivity index (χ0) is 13.7. The van der Waals surface area contributed by atoms with Gasteiger partial charge in [-0.1, -0.05) is 6.42 Å². The standard InChI is InChI=1S/C17H27NO2/c1-20-17(10-18-16(19)13-3-2-4-13)14-6-11-5-12(8-14)9-15(17)7-11/h11-15H,2-10H2,1H3,(H,18,19). The van der Waals surface area contributed by atoms with Crippen molar-refractivity contribution in [3.63, 3.8) is 0 Å². The molecule has 0 radical (unpaired) electrons. The van der Waals surface area contributed by atoms with Gasteiger partial charge < -0.3 is 10.1 Å². The largest absolute Gasteiger partial charge is 0.376 e. The van der Waals surface area contributed by atoms with Crippen LogP contribution < -0.4 is 5.32 Å². The van der Waals surface area contributed by atoms with E-state index in [2.05, 4.69) is 5.32 Å². The lowest BCUT2D eigenvalue weighted by Crippen LogP contribution is -2.63. The van der Waals surface area contributed by atoms with Crippen molar-refractivity contribution in [3.05, 3.63) is 0 Å². The summed E-state index contributed by atoms with van der Waals surface area (Å²) < 4.78 is 6.08. The number of amides is 1. The van der Waals surface area contributed by atoms with E-state index in [1.54, 1.807) is 0 Å². The van der Waals surface area contributed by atoms with Gasteiger partial charge in [-0.15, -0.1) is 0 Å². The molecule has 0 saturated heterocycles. The lowest BCUT2D eigenvalue weighted by atomic mass is 9.49. The van der Waals surface area contributed by atoms with Crippen LogP contribution in [0.2, 0.25) is 0 Å². The smallest absolute Gasteiger partial charge is 0.223 e. The van der Waals surface area contributed by atoms with Gasteiger partial charge in [-0.25, -0.2) is 0 Å². The predicted octanol–water partition coefficient (Wildman–Crippen LogP) is 2.74. The molecule has 0 aliphatic heterocycles. The first-order valence-electron chi connectivity index (χ1n) is 8.54. The van der Waals surface area contributed by atoms with Crippen LogP contribution in [0.4, 0.5) is 0 Å². The molecule has 0 atom stereocenters. The highest BCUT2D eigenvalue weighted by Crippen LogP contribution is 2.59. The van der Waals surface area contributed by atoms with Gasteiger partial charge in [0.1, 0.15) is 0 Å². The van der Waals surface area contributed by atoms with Crippen molar-refractivity contribution in [2.75, 3.05) is 13.7 Å². The Hall–Kier alpha value is -0.570. The zero-order valence-corrected chi connectivity index (χ0v) is 12.6. The molecule has 20 heavy (non-hydrogen) atoms. The van der Waals surface area contributed by atoms with E-state index < -0.39 is 0 Å². The SMILES string of the molecule is COC1(CNC(=O)C2CCC2)C2CC3CC(C2)CC1C3. The average molecular weight is 277 g/mol. The summed E-state index contributed by atoms with van der Waals surface area (Å²) in [7, 11) is 1.87. The van der Waals surface area contributed by atoms with Gasteiger partial charge in [-0.3, -0.25) is 4.79 Å². The third-order valence-corrected chi connectivity index (χ3v) is 6.92. The van der Waals surface area contributed by atoms with Crippen LogP contribution in [0.1, 0.15) is 51.4 Å². The molecule has 1 amide bonds. The van der Waals surface area contributed by atoms with Gasteiger partial charge in [0.2, 0.25) is 5.91 Å². The molecule has 5 aliphatic carbocycles. The summed E-state index contributed by atoms with van der Waals surface area (Å²) in [4.78, 5) is 12.2. The Kier molecular flexibility index (Phi) is 3.10. The summed E-state index contributed by atoms with van der Waals surface area (Å²) in [5, 5.41) is 3.24. The highest BCUT2D eigenvalue weighted by atomic mass is 16.5. The number of hydrogen-bond acceptors (Lipinski definition) is 2. The Morgan fingerprint density at radius 1 is 1.10 bits per heavy atom. The number of carbonyl (C=O) groups is 1. The second-order valence-electron chi connectivity index (χ2n) is 7.81. The molecule has 3 nitrogen and oxygen atoms in total. The van der Waals surface area contributed by atoms with Crippen LogP contribution >= 0.6 is 0 Å². The number of hydrogen-bond donors (Lipinski definition) is 1. The number of rotatable bonds is 4. The molecule has 3 heteroatoms. The first kappa shape index (κ1) is 13.1. The molecule has 1 N–H and O–H groups in total. The topological polar surface area (TPSA) is 38.3 Å². The third kappa shape index (κ3) is 1.85. The van der Waals surface area contributed by atoms with Crippen molar-refractivity contribution >= 4 is 5.91 Å². The van der Waals surface area contributed by atoms with E-state index in [-0.39, 0.29) is 11.5 Å². The van der Waals surface area contributed by atoms with Crippen molar-refractivity contribution < 1.29 is 9.53 Å². The van der Waals surface area contributed by atoms with E-state index in [1.807, 2.05) is 7.11 Å². The zero-order valence-electron chi connectivity index (χ0n) is 12.6. The van der Waals surface area contributed by atoms with Gasteiger partial charge in [0, 0.05) is 19.6 Å². The Morgan fingerprint density at radius 3 is 2.15 bits per heavy atom. The fourth-order valence-corrected chi connectivity index (χ4v) is 5.72. The lowest BCUT2D eigenvalue weighted by Gasteiger charge is -2.60. The molecular formula is C17H27NO2. The molecule has 0 heterocycles. The molecule has 112 valence electrons. The van der Waals surface area contributed by atoms with E-state index in [0.29, 0.717) is 17.8 Å². The Balaban J connectivity index is 1.47. The van der Waals surface area contributed by atoms with Gasteiger partial charge in [0.25, 0.3) is 0 Å². The highest BCUT2D eigenvalue weighted by Gasteiger charge is 2.57. The summed E-state index contributed by atoms with van der Waals surface area (Å²) in [5.41, 5.74) is -0.0488. The van der Waals surface area contributed by atoms with Crippen LogP contribution in [-0.4, -0.2) is 25.2 Å². The minimum atomic E-state index is -0.0488. The highest BCUT2D eigenvalue weighted by molar-refractivity contribution is 5.79. The fourth-order valence-electron chi connectivity index (χ4n) is 5.72. The second kappa shape index (κ2) is 4.72. The van der Waals surface area contributed by atoms with Crippen LogP contribution in [0.3, 0.4) is 0 Å². The second-order valence-corrected chi connectivity index (χ2v) is 7.81. The van der Waals surface area contributed by atoms with E-state index in [0.717, 1.165) is 31.2 Å². The van der Waals surface area contributed by atoms with Crippen LogP contribution in [0.5, 0.6) is 0 Å². The molecular weight excluding hydrogens is 250 g/mol. The number of nitrogens with one attached hydrogen (secondary N) is 1. The summed E-state index contributed by atoms with van der Waals surface area (Å²) >= 11 is 0. The maximum Gasteiger partial charge on any atom is 0.223 e. The first-order valence-corrected chi connectivity index (χ1v) is 8.54. The quantitative estimate of drug-likeness (QED) is 0.858. The summed E-state index contributed by atoms with van der Waals surface area (Å²) in [6.45, 7) is 0.758. The van der Waals surface area contributed by atoms with Crippen LogP contribution in [-0.2, 0) is 9.53 Å². The van der Waals surface area contributed by atoms with E-state index in [1.165, 1.54) is 38.5 Å². The van der Waals surface area contributed by atoms with Gasteiger partial charge in [-0.05, 0) is 68.6 Å². The third-order valence-electron chi connectivity index (χ3n) is 6.92. The maximum atomic E-state index is 12.2. The molecule has 0 spiro atoms. The molecule has 0 unspecified atom stereocenters. The fraction of sp³-hybridized carbons (Fsp3) is 0.941. The molecule has 5 saturated carbocycles. The van der Waals surface area contributed by atoms with Crippen molar-refractivity contribution in [3.8, 4) is 0 Å². The summed E-state index contributed by atoms with van der Waals surface area (Å²) in [6.07, 6.45) is 10.2. The molecule has 0 aromatic carbocycles. The van der Waals surface area contributed by atoms with Gasteiger partial charge in [0.05, 0.1) is 5.60 Å². The molecule has 4 bridgehead atoms. The molecule has 0 aromatic heterocycles. The minimum Gasteiger partial charge on any atom is -0.376 e. The van der Waals surface area contributed by atoms with Gasteiger partial charge in [0.15, 0.2) is 0 Å². The van der Waals surface area contributed by atoms with Gasteiger partial charge in [-0.2, -0.15) is 0 Å². The van der Waals surface area contributed by atoms with E-state index in [9.17, 15) is 4.79 Å². The Bertz CT molecular complexity index is 374. The number of ether oxygens (including phenoxy) is 1. The van der Waals surface area contributed by atoms with Crippen LogP contribution in [0.15, 0.2) is 0 Å². The van der Waals surface area contributed by atoms with Gasteiger partial charge >= 0.3 is 0 Å². The maximum absolute atomic E-state index is 12.2. The van der Waals surface area contributed by atoms with Crippen molar-refractivity contribution in [1.29, 1.82) is 0 Å². The first-order chi connectivity index (χ1) is 9.71. The van der Waals surface area contributed by atoms with Crippen molar-refractivity contribution in [2.45, 2.75) is 57.0 Å². The lowest BCUT2D eigenvalue weighted by molar-refractivity contribution is -0.188. The monoisotopic (exact) mass is 277 g/mol. The Morgan fingerprint density at radius 2 is 1.70 bits per heavy atom. The minimum absolute atomic E-state index is 0.0488. The average Bonchev–Trinajstić information content (AvgIpc) is 2.36. The molecule has 0 aromatic rings. The molecule has 5 rings (SSSR count). The number of methoxy groups -OCH3 is 1. The van der Waals surface area contributed by atoms with Crippen LogP contribution in [0, 0.1) is 29.6 Å². The predicted molar refractivity (Wildman–Crippen MR) is 77.1 cm³/mol. The summed E-state index contributed by atoms with van der Waals surface area (Å²) in [5.74, 6) is 3.84. The molecule has 5 aliphatic rings. The van der Waals surface area contributed by atoms with E-state index >= 15 is 0 Å². The summed E-state index contributed by atoms with van der Waals surface area (Å²) in [6, 6.07) is 0. The molecule has 5 fully saturated rings. The normalized spacial score (nSPS) is 46.2. The van der Waals surface area contributed by atoms with Crippen molar-refractivity contribution in [1.82, 2.24) is 5.32 Å². The Labute approximate surface area is 121 Å². The van der Waals surface area contributed by atoms with Crippen LogP contribution in [0.25, 0.3) is 0 Å². The van der Waals surface area contributed by atoms with Crippen molar-refractivity contribution in [2.24, 2.45) is 29.6 Å². The number of carbonyl (C=O) groups excluding carboxylic acids is 1. The van der Waals surface area contributed by atoms with E-state index in [4.69, 9.17) is 4.74 Å².